The summed E-state index contributed by atoms with van der Waals surface area (Å²) in [7, 11) is 1.68. The Bertz CT molecular complexity index is 548. The predicted octanol–water partition coefficient (Wildman–Crippen LogP) is 5.01. The van der Waals surface area contributed by atoms with E-state index in [4.69, 9.17) is 9.47 Å². The van der Waals surface area contributed by atoms with Gasteiger partial charge in [-0.1, -0.05) is 32.6 Å². The van der Waals surface area contributed by atoms with Crippen LogP contribution in [0.15, 0.2) is 6.07 Å². The number of ketones is 1. The minimum absolute atomic E-state index is 0.201. The monoisotopic (exact) mass is 318 g/mol. The molecule has 1 aliphatic rings. The molecule has 3 heteroatoms. The number of ether oxygens (including phenoxy) is 2. The lowest BCUT2D eigenvalue weighted by Gasteiger charge is -2.26. The van der Waals surface area contributed by atoms with Gasteiger partial charge in [-0.25, -0.2) is 0 Å². The summed E-state index contributed by atoms with van der Waals surface area (Å²) in [5.74, 6) is 1.07. The van der Waals surface area contributed by atoms with E-state index in [0.29, 0.717) is 13.0 Å². The number of rotatable bonds is 8. The van der Waals surface area contributed by atoms with E-state index < -0.39 is 0 Å². The predicted molar refractivity (Wildman–Crippen MR) is 93.4 cm³/mol. The molecule has 0 fully saturated rings. The van der Waals surface area contributed by atoms with Crippen LogP contribution in [-0.2, 0) is 17.8 Å². The molecule has 3 nitrogen and oxygen atoms in total. The third-order valence-corrected chi connectivity index (χ3v) is 4.77. The number of unbranched alkanes of at least 4 members (excludes halogenated alkanes) is 4. The summed E-state index contributed by atoms with van der Waals surface area (Å²) in [4.78, 5) is 12.8. The van der Waals surface area contributed by atoms with Gasteiger partial charge in [0.1, 0.15) is 5.75 Å². The van der Waals surface area contributed by atoms with Crippen LogP contribution >= 0.6 is 0 Å². The second-order valence-corrected chi connectivity index (χ2v) is 6.63. The number of fused-ring (bicyclic) bond motifs is 1. The molecule has 0 N–H and O–H groups in total. The molecule has 23 heavy (non-hydrogen) atoms. The van der Waals surface area contributed by atoms with Crippen molar-refractivity contribution in [2.75, 3.05) is 7.11 Å². The maximum atomic E-state index is 12.8. The van der Waals surface area contributed by atoms with E-state index in [1.165, 1.54) is 24.8 Å². The normalized spacial score (nSPS) is 17.0. The van der Waals surface area contributed by atoms with Crippen LogP contribution in [0.4, 0.5) is 0 Å². The Labute approximate surface area is 140 Å². The van der Waals surface area contributed by atoms with Crippen LogP contribution in [-0.4, -0.2) is 19.0 Å². The number of hydrogen-bond acceptors (Lipinski definition) is 3. The van der Waals surface area contributed by atoms with Crippen LogP contribution in [0.5, 0.6) is 5.75 Å². The average molecular weight is 318 g/mol. The zero-order valence-electron chi connectivity index (χ0n) is 15.0. The molecule has 0 radical (unpaired) electrons. The van der Waals surface area contributed by atoms with Crippen LogP contribution in [0, 0.1) is 6.92 Å². The molecule has 0 aromatic heterocycles. The van der Waals surface area contributed by atoms with Crippen molar-refractivity contribution in [1.82, 2.24) is 0 Å². The number of benzene rings is 1. The maximum absolute atomic E-state index is 12.8. The van der Waals surface area contributed by atoms with E-state index in [1.54, 1.807) is 7.11 Å². The van der Waals surface area contributed by atoms with E-state index in [1.807, 2.05) is 6.92 Å². The zero-order chi connectivity index (χ0) is 16.8. The highest BCUT2D eigenvalue weighted by Gasteiger charge is 2.25. The molecule has 1 unspecified atom stereocenters. The second-order valence-electron chi connectivity index (χ2n) is 6.63. The standard InChI is InChI=1S/C20H30O3/c1-5-6-7-8-9-10-18(21)20-15(3)19(22-4)12-16-11-14(2)23-13-17(16)20/h12,14H,5-11,13H2,1-4H3. The summed E-state index contributed by atoms with van der Waals surface area (Å²) in [5.41, 5.74) is 4.10. The second kappa shape index (κ2) is 8.49. The van der Waals surface area contributed by atoms with Crippen LogP contribution in [0.2, 0.25) is 0 Å². The van der Waals surface area contributed by atoms with Gasteiger partial charge in [-0.15, -0.1) is 0 Å². The van der Waals surface area contributed by atoms with Gasteiger partial charge in [-0.05, 0) is 43.9 Å². The fourth-order valence-corrected chi connectivity index (χ4v) is 3.41. The molecule has 0 spiro atoms. The molecule has 1 aliphatic heterocycles. The number of Topliss-reactive ketones (excluding diaryl/α,β-unsaturated/α-hetero) is 1. The Balaban J connectivity index is 2.19. The highest BCUT2D eigenvalue weighted by atomic mass is 16.5. The highest BCUT2D eigenvalue weighted by molar-refractivity contribution is 5.99. The quantitative estimate of drug-likeness (QED) is 0.499. The first-order valence-electron chi connectivity index (χ1n) is 8.92. The molecule has 0 aliphatic carbocycles. The van der Waals surface area contributed by atoms with Crippen LogP contribution in [0.3, 0.4) is 0 Å². The van der Waals surface area contributed by atoms with Gasteiger partial charge in [0.05, 0.1) is 19.8 Å². The first kappa shape index (κ1) is 18.0. The molecular weight excluding hydrogens is 288 g/mol. The summed E-state index contributed by atoms with van der Waals surface area (Å²) in [6, 6.07) is 2.09. The Kier molecular flexibility index (Phi) is 6.64. The van der Waals surface area contributed by atoms with Crippen LogP contribution < -0.4 is 4.74 Å². The van der Waals surface area contributed by atoms with Gasteiger partial charge < -0.3 is 9.47 Å². The molecular formula is C20H30O3. The van der Waals surface area contributed by atoms with E-state index in [2.05, 4.69) is 19.9 Å². The Morgan fingerprint density at radius 1 is 1.30 bits per heavy atom. The Morgan fingerprint density at radius 2 is 2.04 bits per heavy atom. The van der Waals surface area contributed by atoms with Crippen molar-refractivity contribution < 1.29 is 14.3 Å². The van der Waals surface area contributed by atoms with Crippen molar-refractivity contribution in [2.45, 2.75) is 78.4 Å². The fraction of sp³-hybridized carbons (Fsp3) is 0.650. The summed E-state index contributed by atoms with van der Waals surface area (Å²) < 4.78 is 11.3. The minimum atomic E-state index is 0.201. The van der Waals surface area contributed by atoms with Crippen LogP contribution in [0.25, 0.3) is 0 Å². The van der Waals surface area contributed by atoms with Crippen molar-refractivity contribution in [3.05, 3.63) is 28.3 Å². The largest absolute Gasteiger partial charge is 0.496 e. The molecule has 1 heterocycles. The van der Waals surface area contributed by atoms with Crippen molar-refractivity contribution in [1.29, 1.82) is 0 Å². The van der Waals surface area contributed by atoms with E-state index in [9.17, 15) is 4.79 Å². The summed E-state index contributed by atoms with van der Waals surface area (Å²) in [5, 5.41) is 0. The number of methoxy groups -OCH3 is 1. The van der Waals surface area contributed by atoms with E-state index in [-0.39, 0.29) is 11.9 Å². The summed E-state index contributed by atoms with van der Waals surface area (Å²) >= 11 is 0. The molecule has 2 rings (SSSR count). The average Bonchev–Trinajstić information content (AvgIpc) is 2.54. The number of hydrogen-bond donors (Lipinski definition) is 0. The van der Waals surface area contributed by atoms with Crippen molar-refractivity contribution in [3.8, 4) is 5.75 Å². The number of carbonyl (C=O) groups excluding carboxylic acids is 1. The molecule has 128 valence electrons. The topological polar surface area (TPSA) is 35.5 Å². The SMILES string of the molecule is CCCCCCCC(=O)c1c(C)c(OC)cc2c1COC(C)C2. The van der Waals surface area contributed by atoms with Gasteiger partial charge in [-0.3, -0.25) is 4.79 Å². The molecule has 0 saturated heterocycles. The third kappa shape index (κ3) is 4.35. The molecule has 0 bridgehead atoms. The fourth-order valence-electron chi connectivity index (χ4n) is 3.41. The van der Waals surface area contributed by atoms with E-state index in [0.717, 1.165) is 41.7 Å². The van der Waals surface area contributed by atoms with Gasteiger partial charge in [-0.2, -0.15) is 0 Å². The van der Waals surface area contributed by atoms with Gasteiger partial charge in [0.2, 0.25) is 0 Å². The van der Waals surface area contributed by atoms with Crippen LogP contribution in [0.1, 0.15) is 79.4 Å². The number of carbonyl (C=O) groups is 1. The molecule has 0 saturated carbocycles. The van der Waals surface area contributed by atoms with Gasteiger partial charge in [0.15, 0.2) is 5.78 Å². The first-order chi connectivity index (χ1) is 11.1. The first-order valence-corrected chi connectivity index (χ1v) is 8.92. The highest BCUT2D eigenvalue weighted by Crippen LogP contribution is 2.33. The molecule has 1 aromatic carbocycles. The van der Waals surface area contributed by atoms with Gasteiger partial charge in [0.25, 0.3) is 0 Å². The van der Waals surface area contributed by atoms with E-state index >= 15 is 0 Å². The maximum Gasteiger partial charge on any atom is 0.163 e. The van der Waals surface area contributed by atoms with Gasteiger partial charge >= 0.3 is 0 Å². The van der Waals surface area contributed by atoms with Crippen molar-refractivity contribution >= 4 is 5.78 Å². The minimum Gasteiger partial charge on any atom is -0.496 e. The smallest absolute Gasteiger partial charge is 0.163 e. The summed E-state index contributed by atoms with van der Waals surface area (Å²) in [6.45, 7) is 6.81. The molecule has 1 atom stereocenters. The lowest BCUT2D eigenvalue weighted by molar-refractivity contribution is 0.0401. The van der Waals surface area contributed by atoms with Crippen molar-refractivity contribution in [2.24, 2.45) is 0 Å². The third-order valence-electron chi connectivity index (χ3n) is 4.77. The Hall–Kier alpha value is -1.35. The zero-order valence-corrected chi connectivity index (χ0v) is 15.0. The molecule has 0 amide bonds. The summed E-state index contributed by atoms with van der Waals surface area (Å²) in [6.07, 6.45) is 7.49. The lowest BCUT2D eigenvalue weighted by atomic mass is 9.88. The van der Waals surface area contributed by atoms with Gasteiger partial charge in [0, 0.05) is 17.5 Å². The van der Waals surface area contributed by atoms with Crippen molar-refractivity contribution in [3.63, 3.8) is 0 Å². The lowest BCUT2D eigenvalue weighted by Crippen LogP contribution is -2.22. The Morgan fingerprint density at radius 3 is 2.74 bits per heavy atom. The molecule has 1 aromatic rings.